The molecule has 0 bridgehead atoms. The molecule has 0 aliphatic heterocycles. The van der Waals surface area contributed by atoms with Gasteiger partial charge in [0.1, 0.15) is 5.82 Å². The predicted molar refractivity (Wildman–Crippen MR) is 72.9 cm³/mol. The molecule has 3 nitrogen and oxygen atoms in total. The summed E-state index contributed by atoms with van der Waals surface area (Å²) in [6, 6.07) is 6.93. The molecule has 4 heteroatoms. The quantitative estimate of drug-likeness (QED) is 0.894. The predicted octanol–water partition coefficient (Wildman–Crippen LogP) is 3.00. The van der Waals surface area contributed by atoms with E-state index in [1.54, 1.807) is 12.1 Å². The molecular formula is C15H18FN3. The summed E-state index contributed by atoms with van der Waals surface area (Å²) >= 11 is 0. The van der Waals surface area contributed by atoms with Gasteiger partial charge in [-0.15, -0.1) is 0 Å². The minimum absolute atomic E-state index is 0.203. The molecule has 1 aliphatic carbocycles. The average Bonchev–Trinajstić information content (AvgIpc) is 3.15. The lowest BCUT2D eigenvalue weighted by atomic mass is 10.1. The van der Waals surface area contributed by atoms with Gasteiger partial charge in [-0.25, -0.2) is 9.07 Å². The van der Waals surface area contributed by atoms with Crippen LogP contribution in [-0.2, 0) is 6.54 Å². The zero-order valence-electron chi connectivity index (χ0n) is 11.1. The molecule has 0 radical (unpaired) electrons. The van der Waals surface area contributed by atoms with E-state index in [1.165, 1.54) is 18.9 Å². The molecule has 2 aromatic rings. The van der Waals surface area contributed by atoms with Crippen LogP contribution in [-0.4, -0.2) is 16.3 Å². The van der Waals surface area contributed by atoms with Crippen molar-refractivity contribution in [3.05, 3.63) is 47.5 Å². The van der Waals surface area contributed by atoms with Gasteiger partial charge in [0, 0.05) is 18.7 Å². The van der Waals surface area contributed by atoms with E-state index in [2.05, 4.69) is 16.5 Å². The molecule has 100 valence electrons. The summed E-state index contributed by atoms with van der Waals surface area (Å²) < 4.78 is 15.2. The Morgan fingerprint density at radius 1 is 1.37 bits per heavy atom. The van der Waals surface area contributed by atoms with Crippen molar-refractivity contribution < 1.29 is 4.39 Å². The van der Waals surface area contributed by atoms with Crippen LogP contribution in [0.25, 0.3) is 5.69 Å². The van der Waals surface area contributed by atoms with Gasteiger partial charge in [-0.1, -0.05) is 6.92 Å². The summed E-state index contributed by atoms with van der Waals surface area (Å²) in [5, 5.41) is 7.84. The lowest BCUT2D eigenvalue weighted by Crippen LogP contribution is -2.14. The fourth-order valence-corrected chi connectivity index (χ4v) is 2.25. The third-order valence-corrected chi connectivity index (χ3v) is 3.46. The van der Waals surface area contributed by atoms with Crippen molar-refractivity contribution in [2.45, 2.75) is 32.2 Å². The number of nitrogens with zero attached hydrogens (tertiary/aromatic N) is 2. The Morgan fingerprint density at radius 3 is 2.95 bits per heavy atom. The minimum Gasteiger partial charge on any atom is -0.313 e. The van der Waals surface area contributed by atoms with Crippen LogP contribution in [0.15, 0.2) is 30.5 Å². The highest BCUT2D eigenvalue weighted by molar-refractivity contribution is 5.41. The molecule has 0 amide bonds. The van der Waals surface area contributed by atoms with E-state index in [9.17, 15) is 4.39 Å². The van der Waals surface area contributed by atoms with Crippen LogP contribution in [0.3, 0.4) is 0 Å². The van der Waals surface area contributed by atoms with Gasteiger partial charge in [-0.3, -0.25) is 0 Å². The van der Waals surface area contributed by atoms with Crippen LogP contribution >= 0.6 is 0 Å². The summed E-state index contributed by atoms with van der Waals surface area (Å²) in [6.45, 7) is 3.56. The van der Waals surface area contributed by atoms with Crippen molar-refractivity contribution in [2.75, 3.05) is 6.54 Å². The van der Waals surface area contributed by atoms with Crippen LogP contribution in [0, 0.1) is 5.82 Å². The molecule has 1 N–H and O–H groups in total. The van der Waals surface area contributed by atoms with Crippen molar-refractivity contribution in [3.63, 3.8) is 0 Å². The number of nitrogens with one attached hydrogen (secondary N) is 1. The Hall–Kier alpha value is -1.68. The average molecular weight is 259 g/mol. The number of hydrogen-bond acceptors (Lipinski definition) is 2. The number of halogens is 1. The molecular weight excluding hydrogens is 241 g/mol. The Balaban J connectivity index is 1.92. The second kappa shape index (κ2) is 5.13. The molecule has 0 spiro atoms. The van der Waals surface area contributed by atoms with Gasteiger partial charge >= 0.3 is 0 Å². The number of hydrogen-bond donors (Lipinski definition) is 1. The van der Waals surface area contributed by atoms with Gasteiger partial charge in [0.2, 0.25) is 0 Å². The Kier molecular flexibility index (Phi) is 3.34. The van der Waals surface area contributed by atoms with Gasteiger partial charge in [0.25, 0.3) is 0 Å². The second-order valence-electron chi connectivity index (χ2n) is 5.01. The number of benzene rings is 1. The maximum absolute atomic E-state index is 13.4. The SMILES string of the molecule is CCNCc1cc(F)ccc1-n1ccc(C2CC2)n1. The number of rotatable bonds is 5. The first-order valence-corrected chi connectivity index (χ1v) is 6.83. The van der Waals surface area contributed by atoms with Crippen LogP contribution < -0.4 is 5.32 Å². The van der Waals surface area contributed by atoms with Crippen LogP contribution in [0.2, 0.25) is 0 Å². The highest BCUT2D eigenvalue weighted by Crippen LogP contribution is 2.39. The number of aromatic nitrogens is 2. The first-order valence-electron chi connectivity index (χ1n) is 6.83. The molecule has 1 heterocycles. The van der Waals surface area contributed by atoms with Gasteiger partial charge in [-0.05, 0) is 49.2 Å². The van der Waals surface area contributed by atoms with Gasteiger partial charge in [0.05, 0.1) is 11.4 Å². The molecule has 3 rings (SSSR count). The van der Waals surface area contributed by atoms with Crippen molar-refractivity contribution in [1.29, 1.82) is 0 Å². The lowest BCUT2D eigenvalue weighted by Gasteiger charge is -2.10. The van der Waals surface area contributed by atoms with Crippen molar-refractivity contribution >= 4 is 0 Å². The van der Waals surface area contributed by atoms with E-state index >= 15 is 0 Å². The standard InChI is InChI=1S/C15H18FN3/c1-2-17-10-12-9-13(16)5-6-15(12)19-8-7-14(18-19)11-3-4-11/h5-9,11,17H,2-4,10H2,1H3. The molecule has 0 unspecified atom stereocenters. The monoisotopic (exact) mass is 259 g/mol. The van der Waals surface area contributed by atoms with Crippen molar-refractivity contribution in [2.24, 2.45) is 0 Å². The summed E-state index contributed by atoms with van der Waals surface area (Å²) in [4.78, 5) is 0. The maximum Gasteiger partial charge on any atom is 0.123 e. The normalized spacial score (nSPS) is 14.8. The highest BCUT2D eigenvalue weighted by Gasteiger charge is 2.26. The topological polar surface area (TPSA) is 29.9 Å². The largest absolute Gasteiger partial charge is 0.313 e. The molecule has 1 saturated carbocycles. The molecule has 0 saturated heterocycles. The first kappa shape index (κ1) is 12.4. The molecule has 0 atom stereocenters. The highest BCUT2D eigenvalue weighted by atomic mass is 19.1. The van der Waals surface area contributed by atoms with E-state index in [1.807, 2.05) is 17.8 Å². The zero-order valence-corrected chi connectivity index (χ0v) is 11.1. The van der Waals surface area contributed by atoms with Crippen LogP contribution in [0.1, 0.15) is 36.9 Å². The van der Waals surface area contributed by atoms with E-state index < -0.39 is 0 Å². The maximum atomic E-state index is 13.4. The summed E-state index contributed by atoms with van der Waals surface area (Å²) in [5.74, 6) is 0.435. The summed E-state index contributed by atoms with van der Waals surface area (Å²) in [7, 11) is 0. The fourth-order valence-electron chi connectivity index (χ4n) is 2.25. The second-order valence-corrected chi connectivity index (χ2v) is 5.01. The minimum atomic E-state index is -0.203. The van der Waals surface area contributed by atoms with E-state index in [0.29, 0.717) is 12.5 Å². The van der Waals surface area contributed by atoms with Crippen molar-refractivity contribution in [1.82, 2.24) is 15.1 Å². The van der Waals surface area contributed by atoms with Gasteiger partial charge in [0.15, 0.2) is 0 Å². The summed E-state index contributed by atoms with van der Waals surface area (Å²) in [6.07, 6.45) is 4.45. The van der Waals surface area contributed by atoms with E-state index in [0.717, 1.165) is 23.5 Å². The zero-order chi connectivity index (χ0) is 13.2. The van der Waals surface area contributed by atoms with Crippen molar-refractivity contribution in [3.8, 4) is 5.69 Å². The molecule has 1 aromatic heterocycles. The molecule has 19 heavy (non-hydrogen) atoms. The Bertz CT molecular complexity index is 573. The van der Waals surface area contributed by atoms with E-state index in [-0.39, 0.29) is 5.82 Å². The third-order valence-electron chi connectivity index (χ3n) is 3.46. The van der Waals surface area contributed by atoms with Crippen LogP contribution in [0.4, 0.5) is 4.39 Å². The van der Waals surface area contributed by atoms with E-state index in [4.69, 9.17) is 0 Å². The summed E-state index contributed by atoms with van der Waals surface area (Å²) in [5.41, 5.74) is 3.04. The lowest BCUT2D eigenvalue weighted by molar-refractivity contribution is 0.619. The third kappa shape index (κ3) is 2.68. The fraction of sp³-hybridized carbons (Fsp3) is 0.400. The smallest absolute Gasteiger partial charge is 0.123 e. The molecule has 1 aliphatic rings. The van der Waals surface area contributed by atoms with Crippen LogP contribution in [0.5, 0.6) is 0 Å². The first-order chi connectivity index (χ1) is 9.28. The molecule has 1 aromatic carbocycles. The Morgan fingerprint density at radius 2 is 2.21 bits per heavy atom. The molecule has 1 fully saturated rings. The van der Waals surface area contributed by atoms with Gasteiger partial charge < -0.3 is 5.32 Å². The van der Waals surface area contributed by atoms with Gasteiger partial charge in [-0.2, -0.15) is 5.10 Å². The Labute approximate surface area is 112 Å².